The average Bonchev–Trinajstić information content (AvgIpc) is 2.77. The fraction of sp³-hybridized carbons (Fsp3) is 0.462. The summed E-state index contributed by atoms with van der Waals surface area (Å²) in [6, 6.07) is 2.77. The van der Waals surface area contributed by atoms with Crippen LogP contribution in [0.4, 0.5) is 4.39 Å². The van der Waals surface area contributed by atoms with Crippen LogP contribution >= 0.6 is 23.2 Å². The number of rotatable bonds is 2. The molecule has 0 radical (unpaired) electrons. The van der Waals surface area contributed by atoms with Gasteiger partial charge in [0.15, 0.2) is 0 Å². The first kappa shape index (κ1) is 15.1. The summed E-state index contributed by atoms with van der Waals surface area (Å²) in [7, 11) is -2.96. The van der Waals surface area contributed by atoms with E-state index in [1.54, 1.807) is 0 Å². The van der Waals surface area contributed by atoms with Crippen LogP contribution in [0.3, 0.4) is 0 Å². The second-order valence-electron chi connectivity index (χ2n) is 5.17. The van der Waals surface area contributed by atoms with Crippen molar-refractivity contribution < 1.29 is 12.8 Å². The summed E-state index contributed by atoms with van der Waals surface area (Å²) in [6.45, 7) is 0. The summed E-state index contributed by atoms with van der Waals surface area (Å²) in [5.41, 5.74) is 1.18. The van der Waals surface area contributed by atoms with E-state index in [2.05, 4.69) is 4.98 Å². The Hall–Kier alpha value is -0.850. The van der Waals surface area contributed by atoms with E-state index in [4.69, 9.17) is 23.2 Å². The summed E-state index contributed by atoms with van der Waals surface area (Å²) in [6.07, 6.45) is 0.976. The van der Waals surface area contributed by atoms with Crippen molar-refractivity contribution in [3.63, 3.8) is 0 Å². The summed E-state index contributed by atoms with van der Waals surface area (Å²) in [4.78, 5) is 4.38. The van der Waals surface area contributed by atoms with Gasteiger partial charge in [0, 0.05) is 12.1 Å². The first-order chi connectivity index (χ1) is 9.91. The van der Waals surface area contributed by atoms with Gasteiger partial charge in [-0.2, -0.15) is 0 Å². The van der Waals surface area contributed by atoms with Crippen LogP contribution in [0.1, 0.15) is 24.7 Å². The van der Waals surface area contributed by atoms with Gasteiger partial charge >= 0.3 is 0 Å². The van der Waals surface area contributed by atoms with Crippen molar-refractivity contribution >= 4 is 44.1 Å². The highest BCUT2D eigenvalue weighted by Crippen LogP contribution is 2.32. The lowest BCUT2D eigenvalue weighted by molar-refractivity contribution is 0.450. The van der Waals surface area contributed by atoms with Gasteiger partial charge in [-0.1, -0.05) is 11.6 Å². The Bertz CT molecular complexity index is 790. The Morgan fingerprint density at radius 1 is 1.33 bits per heavy atom. The van der Waals surface area contributed by atoms with Crippen LogP contribution in [0.25, 0.3) is 11.0 Å². The molecule has 0 spiro atoms. The average molecular weight is 351 g/mol. The Balaban J connectivity index is 2.10. The molecule has 3 rings (SSSR count). The molecule has 1 aliphatic heterocycles. The maximum Gasteiger partial charge on any atom is 0.150 e. The molecule has 1 saturated heterocycles. The minimum atomic E-state index is -2.96. The zero-order chi connectivity index (χ0) is 15.2. The Kier molecular flexibility index (Phi) is 3.88. The van der Waals surface area contributed by atoms with E-state index >= 15 is 0 Å². The molecule has 1 fully saturated rings. The maximum atomic E-state index is 13.7. The summed E-state index contributed by atoms with van der Waals surface area (Å²) in [5.74, 6) is 0.536. The molecule has 0 saturated carbocycles. The first-order valence-electron chi connectivity index (χ1n) is 6.53. The van der Waals surface area contributed by atoms with E-state index < -0.39 is 15.7 Å². The number of nitrogens with zero attached hydrogens (tertiary/aromatic N) is 2. The Morgan fingerprint density at radius 3 is 2.62 bits per heavy atom. The number of sulfone groups is 1. The molecule has 0 amide bonds. The van der Waals surface area contributed by atoms with Crippen molar-refractivity contribution in [2.24, 2.45) is 0 Å². The highest BCUT2D eigenvalue weighted by molar-refractivity contribution is 7.91. The third-order valence-electron chi connectivity index (χ3n) is 3.81. The second kappa shape index (κ2) is 5.41. The van der Waals surface area contributed by atoms with Crippen molar-refractivity contribution in [1.82, 2.24) is 9.55 Å². The van der Waals surface area contributed by atoms with Gasteiger partial charge in [-0.3, -0.25) is 0 Å². The Labute approximate surface area is 131 Å². The molecule has 4 nitrogen and oxygen atoms in total. The monoisotopic (exact) mass is 350 g/mol. The van der Waals surface area contributed by atoms with Crippen LogP contribution in [-0.4, -0.2) is 29.5 Å². The molecular weight excluding hydrogens is 338 g/mol. The molecule has 1 aromatic heterocycles. The SMILES string of the molecule is O=S1(=O)CCC(n2c(CCl)nc3cc(Cl)c(F)cc32)CC1. The lowest BCUT2D eigenvalue weighted by atomic mass is 10.1. The number of halogens is 3. The van der Waals surface area contributed by atoms with Crippen LogP contribution in [0.15, 0.2) is 12.1 Å². The molecule has 0 aliphatic carbocycles. The fourth-order valence-electron chi connectivity index (χ4n) is 2.78. The number of imidazole rings is 1. The summed E-state index contributed by atoms with van der Waals surface area (Å²) >= 11 is 11.7. The lowest BCUT2D eigenvalue weighted by Crippen LogP contribution is -2.26. The summed E-state index contributed by atoms with van der Waals surface area (Å²) in [5, 5.41) is 0.0134. The van der Waals surface area contributed by atoms with Gasteiger partial charge in [-0.15, -0.1) is 11.6 Å². The van der Waals surface area contributed by atoms with E-state index in [0.29, 0.717) is 29.7 Å². The van der Waals surface area contributed by atoms with Gasteiger partial charge in [0.05, 0.1) is 33.4 Å². The third-order valence-corrected chi connectivity index (χ3v) is 6.06. The molecular formula is C13H13Cl2FN2O2S. The van der Waals surface area contributed by atoms with E-state index in [0.717, 1.165) is 0 Å². The number of fused-ring (bicyclic) bond motifs is 1. The number of aromatic nitrogens is 2. The van der Waals surface area contributed by atoms with Crippen LogP contribution in [0.5, 0.6) is 0 Å². The van der Waals surface area contributed by atoms with Gasteiger partial charge in [0.1, 0.15) is 21.5 Å². The van der Waals surface area contributed by atoms with Gasteiger partial charge < -0.3 is 4.57 Å². The standard InChI is InChI=1S/C13H13Cl2FN2O2S/c14-7-13-17-11-5-9(15)10(16)6-12(11)18(13)8-1-3-21(19,20)4-2-8/h5-6,8H,1-4,7H2. The summed E-state index contributed by atoms with van der Waals surface area (Å²) < 4.78 is 38.7. The van der Waals surface area contributed by atoms with Gasteiger partial charge in [-0.25, -0.2) is 17.8 Å². The van der Waals surface area contributed by atoms with E-state index in [9.17, 15) is 12.8 Å². The van der Waals surface area contributed by atoms with Gasteiger partial charge in [0.2, 0.25) is 0 Å². The van der Waals surface area contributed by atoms with Crippen molar-refractivity contribution in [3.8, 4) is 0 Å². The van der Waals surface area contributed by atoms with Crippen LogP contribution in [-0.2, 0) is 15.7 Å². The second-order valence-corrected chi connectivity index (χ2v) is 8.15. The minimum absolute atomic E-state index is 0.0134. The lowest BCUT2D eigenvalue weighted by Gasteiger charge is -2.25. The predicted octanol–water partition coefficient (Wildman–Crippen LogP) is 3.32. The van der Waals surface area contributed by atoms with Crippen molar-refractivity contribution in [1.29, 1.82) is 0 Å². The first-order valence-corrected chi connectivity index (χ1v) is 9.27. The molecule has 1 aromatic carbocycles. The van der Waals surface area contributed by atoms with Gasteiger partial charge in [-0.05, 0) is 18.9 Å². The van der Waals surface area contributed by atoms with Crippen LogP contribution < -0.4 is 0 Å². The quantitative estimate of drug-likeness (QED) is 0.780. The molecule has 2 aromatic rings. The van der Waals surface area contributed by atoms with Crippen molar-refractivity contribution in [2.75, 3.05) is 11.5 Å². The van der Waals surface area contributed by atoms with E-state index in [-0.39, 0.29) is 28.5 Å². The fourth-order valence-corrected chi connectivity index (χ4v) is 4.59. The normalized spacial score (nSPS) is 19.2. The maximum absolute atomic E-state index is 13.7. The molecule has 2 heterocycles. The topological polar surface area (TPSA) is 52.0 Å². The smallest absolute Gasteiger partial charge is 0.150 e. The van der Waals surface area contributed by atoms with Crippen LogP contribution in [0.2, 0.25) is 5.02 Å². The zero-order valence-electron chi connectivity index (χ0n) is 11.0. The molecule has 0 atom stereocenters. The van der Waals surface area contributed by atoms with Crippen molar-refractivity contribution in [2.45, 2.75) is 24.8 Å². The molecule has 0 bridgehead atoms. The molecule has 0 unspecified atom stereocenters. The highest BCUT2D eigenvalue weighted by Gasteiger charge is 2.27. The number of benzene rings is 1. The molecule has 21 heavy (non-hydrogen) atoms. The molecule has 1 aliphatic rings. The molecule has 8 heteroatoms. The van der Waals surface area contributed by atoms with E-state index in [1.807, 2.05) is 4.57 Å². The Morgan fingerprint density at radius 2 is 2.00 bits per heavy atom. The number of hydrogen-bond acceptors (Lipinski definition) is 3. The van der Waals surface area contributed by atoms with Crippen molar-refractivity contribution in [3.05, 3.63) is 28.8 Å². The predicted molar refractivity (Wildman–Crippen MR) is 81.2 cm³/mol. The van der Waals surface area contributed by atoms with Gasteiger partial charge in [0.25, 0.3) is 0 Å². The van der Waals surface area contributed by atoms with Crippen LogP contribution in [0, 0.1) is 5.82 Å². The zero-order valence-corrected chi connectivity index (χ0v) is 13.3. The van der Waals surface area contributed by atoms with E-state index in [1.165, 1.54) is 12.1 Å². The molecule has 114 valence electrons. The molecule has 0 N–H and O–H groups in total. The highest BCUT2D eigenvalue weighted by atomic mass is 35.5. The minimum Gasteiger partial charge on any atom is -0.324 e. The number of alkyl halides is 1. The number of hydrogen-bond donors (Lipinski definition) is 0. The largest absolute Gasteiger partial charge is 0.324 e. The third kappa shape index (κ3) is 2.76.